The molecule has 13 heteroatoms. The Morgan fingerprint density at radius 2 is 1.23 bits per heavy atom. The molecule has 2 aromatic rings. The molecule has 0 aromatic carbocycles. The zero-order valence-corrected chi connectivity index (χ0v) is 13.7. The number of rotatable bonds is 6. The number of halogens is 6. The Morgan fingerprint density at radius 1 is 0.846 bits per heavy atom. The van der Waals surface area contributed by atoms with Gasteiger partial charge in [0.05, 0.1) is 12.4 Å². The minimum Gasteiger partial charge on any atom is -0.433 e. The van der Waals surface area contributed by atoms with Crippen LogP contribution in [0, 0.1) is 0 Å². The molecule has 0 atom stereocenters. The fraction of sp³-hybridized carbons (Fsp3) is 0.154. The number of nitrogens with zero attached hydrogens (tertiary/aromatic N) is 2. The molecule has 0 N–H and O–H groups in total. The molecule has 7 nitrogen and oxygen atoms in total. The highest BCUT2D eigenvalue weighted by molar-refractivity contribution is 6.32. The normalized spacial score (nSPS) is 10.8. The van der Waals surface area contributed by atoms with Crippen LogP contribution < -0.4 is 18.9 Å². The second kappa shape index (κ2) is 8.72. The van der Waals surface area contributed by atoms with E-state index in [-0.39, 0.29) is 10.0 Å². The molecule has 0 spiro atoms. The lowest BCUT2D eigenvalue weighted by atomic mass is 10.4. The SMILES string of the molecule is O=C(Oc1cc(OC(F)F)c(Cl)cn1)Oc1cc(OC(F)F)c(Cl)cn1. The summed E-state index contributed by atoms with van der Waals surface area (Å²) in [6.07, 6.45) is 0.397. The van der Waals surface area contributed by atoms with Crippen molar-refractivity contribution >= 4 is 29.4 Å². The summed E-state index contributed by atoms with van der Waals surface area (Å²) in [4.78, 5) is 18.8. The van der Waals surface area contributed by atoms with E-state index in [2.05, 4.69) is 28.9 Å². The van der Waals surface area contributed by atoms with E-state index in [1.165, 1.54) is 0 Å². The third-order valence-corrected chi connectivity index (χ3v) is 2.97. The number of hydrogen-bond acceptors (Lipinski definition) is 7. The first-order valence-corrected chi connectivity index (χ1v) is 7.10. The van der Waals surface area contributed by atoms with Gasteiger partial charge in [0, 0.05) is 12.1 Å². The predicted octanol–water partition coefficient (Wildman–Crippen LogP) is 4.56. The van der Waals surface area contributed by atoms with Crippen molar-refractivity contribution in [1.29, 1.82) is 0 Å². The van der Waals surface area contributed by atoms with Crippen LogP contribution >= 0.6 is 23.2 Å². The highest BCUT2D eigenvalue weighted by atomic mass is 35.5. The van der Waals surface area contributed by atoms with E-state index in [1.807, 2.05) is 0 Å². The maximum Gasteiger partial charge on any atom is 0.522 e. The molecule has 2 rings (SSSR count). The largest absolute Gasteiger partial charge is 0.522 e. The van der Waals surface area contributed by atoms with Crippen molar-refractivity contribution in [3.05, 3.63) is 34.6 Å². The number of carbonyl (C=O) groups is 1. The highest BCUT2D eigenvalue weighted by Gasteiger charge is 2.17. The third kappa shape index (κ3) is 5.77. The van der Waals surface area contributed by atoms with E-state index in [0.29, 0.717) is 0 Å². The van der Waals surface area contributed by atoms with Crippen molar-refractivity contribution in [3.8, 4) is 23.3 Å². The fourth-order valence-electron chi connectivity index (χ4n) is 1.48. The van der Waals surface area contributed by atoms with Crippen molar-refractivity contribution in [2.24, 2.45) is 0 Å². The summed E-state index contributed by atoms with van der Waals surface area (Å²) < 4.78 is 66.4. The number of hydrogen-bond donors (Lipinski definition) is 0. The van der Waals surface area contributed by atoms with Gasteiger partial charge in [-0.1, -0.05) is 23.2 Å². The van der Waals surface area contributed by atoms with Crippen LogP contribution in [0.5, 0.6) is 23.3 Å². The van der Waals surface area contributed by atoms with Crippen molar-refractivity contribution in [1.82, 2.24) is 9.97 Å². The summed E-state index contributed by atoms with van der Waals surface area (Å²) in [6, 6.07) is 1.63. The van der Waals surface area contributed by atoms with Crippen molar-refractivity contribution < 1.29 is 41.3 Å². The van der Waals surface area contributed by atoms with Gasteiger partial charge in [-0.15, -0.1) is 0 Å². The zero-order chi connectivity index (χ0) is 19.3. The minimum absolute atomic E-state index is 0.251. The van der Waals surface area contributed by atoms with Gasteiger partial charge < -0.3 is 18.9 Å². The number of aromatic nitrogens is 2. The van der Waals surface area contributed by atoms with Crippen LogP contribution in [0.3, 0.4) is 0 Å². The molecule has 0 saturated heterocycles. The number of pyridine rings is 2. The van der Waals surface area contributed by atoms with Gasteiger partial charge in [-0.2, -0.15) is 17.6 Å². The van der Waals surface area contributed by atoms with Gasteiger partial charge in [-0.3, -0.25) is 0 Å². The minimum atomic E-state index is -3.17. The smallest absolute Gasteiger partial charge is 0.433 e. The molecule has 2 aromatic heterocycles. The monoisotopic (exact) mass is 416 g/mol. The van der Waals surface area contributed by atoms with E-state index < -0.39 is 42.6 Å². The van der Waals surface area contributed by atoms with E-state index in [4.69, 9.17) is 23.2 Å². The van der Waals surface area contributed by atoms with Gasteiger partial charge >= 0.3 is 19.4 Å². The Balaban J connectivity index is 2.07. The highest BCUT2D eigenvalue weighted by Crippen LogP contribution is 2.30. The standard InChI is InChI=1S/C13H6Cl2F4N2O5/c14-5-3-20-9(1-7(5)23-11(16)17)25-13(22)26-10-2-8(24-12(18)19)6(15)4-21-10/h1-4,11-12H. The molecular formula is C13H6Cl2F4N2O5. The Hall–Kier alpha value is -2.53. The first kappa shape index (κ1) is 19.8. The van der Waals surface area contributed by atoms with E-state index >= 15 is 0 Å². The second-order valence-corrected chi connectivity index (χ2v) is 4.93. The number of ether oxygens (including phenoxy) is 4. The summed E-state index contributed by atoms with van der Waals surface area (Å²) in [5.74, 6) is -1.94. The summed E-state index contributed by atoms with van der Waals surface area (Å²) in [5, 5.41) is -0.502. The molecule has 0 amide bonds. The van der Waals surface area contributed by atoms with Crippen LogP contribution in [0.1, 0.15) is 0 Å². The third-order valence-electron chi connectivity index (χ3n) is 2.40. The molecule has 2 heterocycles. The van der Waals surface area contributed by atoms with Gasteiger partial charge in [0.15, 0.2) is 11.5 Å². The molecule has 140 valence electrons. The Labute approximate surface area is 152 Å². The summed E-state index contributed by atoms with van der Waals surface area (Å²) in [7, 11) is 0. The average molecular weight is 417 g/mol. The van der Waals surface area contributed by atoms with Crippen LogP contribution in [-0.2, 0) is 0 Å². The van der Waals surface area contributed by atoms with Gasteiger partial charge in [0.2, 0.25) is 11.8 Å². The maximum absolute atomic E-state index is 12.2. The molecule has 0 aliphatic rings. The first-order valence-electron chi connectivity index (χ1n) is 6.35. The van der Waals surface area contributed by atoms with Crippen molar-refractivity contribution in [3.63, 3.8) is 0 Å². The average Bonchev–Trinajstić information content (AvgIpc) is 2.53. The molecule has 0 bridgehead atoms. The van der Waals surface area contributed by atoms with Gasteiger partial charge in [0.1, 0.15) is 10.0 Å². The molecule has 0 unspecified atom stereocenters. The Kier molecular flexibility index (Phi) is 6.64. The predicted molar refractivity (Wildman–Crippen MR) is 78.4 cm³/mol. The molecule has 0 radical (unpaired) electrons. The quantitative estimate of drug-likeness (QED) is 0.504. The van der Waals surface area contributed by atoms with Crippen LogP contribution in [0.4, 0.5) is 22.4 Å². The molecular weight excluding hydrogens is 411 g/mol. The van der Waals surface area contributed by atoms with Gasteiger partial charge in [-0.25, -0.2) is 14.8 Å². The number of carbonyl (C=O) groups excluding carboxylic acids is 1. The lowest BCUT2D eigenvalue weighted by Crippen LogP contribution is -2.15. The fourth-order valence-corrected chi connectivity index (χ4v) is 1.78. The van der Waals surface area contributed by atoms with Crippen molar-refractivity contribution in [2.75, 3.05) is 0 Å². The zero-order valence-electron chi connectivity index (χ0n) is 12.2. The van der Waals surface area contributed by atoms with Crippen LogP contribution in [0.25, 0.3) is 0 Å². The van der Waals surface area contributed by atoms with E-state index in [9.17, 15) is 22.4 Å². The Bertz CT molecular complexity index is 734. The van der Waals surface area contributed by atoms with Gasteiger partial charge in [0.25, 0.3) is 0 Å². The lowest BCUT2D eigenvalue weighted by molar-refractivity contribution is -0.0505. The summed E-state index contributed by atoms with van der Waals surface area (Å²) in [5.41, 5.74) is 0. The summed E-state index contributed by atoms with van der Waals surface area (Å²) >= 11 is 11.2. The van der Waals surface area contributed by atoms with Crippen molar-refractivity contribution in [2.45, 2.75) is 13.2 Å². The van der Waals surface area contributed by atoms with Crippen LogP contribution in [-0.4, -0.2) is 29.3 Å². The maximum atomic E-state index is 12.2. The van der Waals surface area contributed by atoms with E-state index in [1.54, 1.807) is 0 Å². The van der Waals surface area contributed by atoms with Crippen LogP contribution in [0.2, 0.25) is 10.0 Å². The molecule has 0 saturated carbocycles. The molecule has 0 fully saturated rings. The summed E-state index contributed by atoms with van der Waals surface area (Å²) in [6.45, 7) is -6.33. The molecule has 0 aliphatic carbocycles. The van der Waals surface area contributed by atoms with Crippen LogP contribution in [0.15, 0.2) is 24.5 Å². The Morgan fingerprint density at radius 3 is 1.58 bits per heavy atom. The van der Waals surface area contributed by atoms with Gasteiger partial charge in [-0.05, 0) is 0 Å². The number of alkyl halides is 4. The molecule has 0 aliphatic heterocycles. The second-order valence-electron chi connectivity index (χ2n) is 4.12. The van der Waals surface area contributed by atoms with E-state index in [0.717, 1.165) is 24.5 Å². The molecule has 26 heavy (non-hydrogen) atoms. The lowest BCUT2D eigenvalue weighted by Gasteiger charge is -2.09. The first-order chi connectivity index (χ1) is 12.2. The topological polar surface area (TPSA) is 79.8 Å².